The zero-order valence-electron chi connectivity index (χ0n) is 12.2. The number of hydrogen-bond donors (Lipinski definition) is 2. The van der Waals surface area contributed by atoms with Crippen molar-refractivity contribution in [2.24, 2.45) is 0 Å². The van der Waals surface area contributed by atoms with Crippen LogP contribution in [0, 0.1) is 0 Å². The molecule has 0 fully saturated rings. The van der Waals surface area contributed by atoms with Gasteiger partial charge < -0.3 is 15.2 Å². The molecule has 2 N–H and O–H groups in total. The van der Waals surface area contributed by atoms with Crippen LogP contribution in [0.15, 0.2) is 29.8 Å². The minimum atomic E-state index is -0.869. The summed E-state index contributed by atoms with van der Waals surface area (Å²) >= 11 is 0. The van der Waals surface area contributed by atoms with Crippen molar-refractivity contribution in [3.05, 3.63) is 35.4 Å². The second-order valence-corrected chi connectivity index (χ2v) is 5.73. The number of carbonyl (C=O) groups excluding carboxylic acids is 1. The van der Waals surface area contributed by atoms with E-state index in [0.717, 1.165) is 11.3 Å². The Kier molecular flexibility index (Phi) is 4.31. The monoisotopic (exact) mass is 289 g/mol. The van der Waals surface area contributed by atoms with Crippen LogP contribution >= 0.6 is 0 Å². The Morgan fingerprint density at radius 1 is 1.33 bits per heavy atom. The Bertz CT molecular complexity index is 590. The number of ether oxygens (including phenoxy) is 1. The Morgan fingerprint density at radius 3 is 2.76 bits per heavy atom. The maximum Gasteiger partial charge on any atom is 0.303 e. The second kappa shape index (κ2) is 5.99. The van der Waals surface area contributed by atoms with Gasteiger partial charge in [0.2, 0.25) is 0 Å². The van der Waals surface area contributed by atoms with Crippen molar-refractivity contribution >= 4 is 18.0 Å². The van der Waals surface area contributed by atoms with Crippen LogP contribution in [0.2, 0.25) is 0 Å². The molecule has 0 saturated heterocycles. The van der Waals surface area contributed by atoms with Crippen molar-refractivity contribution < 1.29 is 19.4 Å². The van der Waals surface area contributed by atoms with E-state index in [1.165, 1.54) is 0 Å². The highest BCUT2D eigenvalue weighted by molar-refractivity contribution is 5.99. The van der Waals surface area contributed by atoms with Crippen LogP contribution in [0.3, 0.4) is 0 Å². The molecule has 21 heavy (non-hydrogen) atoms. The lowest BCUT2D eigenvalue weighted by Gasteiger charge is -2.27. The van der Waals surface area contributed by atoms with Crippen molar-refractivity contribution in [3.63, 3.8) is 0 Å². The van der Waals surface area contributed by atoms with E-state index in [9.17, 15) is 9.59 Å². The zero-order valence-corrected chi connectivity index (χ0v) is 12.2. The fourth-order valence-electron chi connectivity index (χ4n) is 2.12. The largest absolute Gasteiger partial charge is 0.488 e. The minimum Gasteiger partial charge on any atom is -0.488 e. The van der Waals surface area contributed by atoms with Crippen molar-refractivity contribution in [3.8, 4) is 5.75 Å². The molecule has 1 aliphatic rings. The van der Waals surface area contributed by atoms with Crippen molar-refractivity contribution in [2.45, 2.75) is 32.2 Å². The van der Waals surface area contributed by atoms with E-state index in [4.69, 9.17) is 9.84 Å². The van der Waals surface area contributed by atoms with Crippen LogP contribution in [0.25, 0.3) is 6.08 Å². The SMILES string of the molecule is CC(C)(CCC(=O)O)NC(=O)C1=Cc2ccccc2OC1. The highest BCUT2D eigenvalue weighted by Crippen LogP contribution is 2.26. The maximum absolute atomic E-state index is 12.3. The lowest BCUT2D eigenvalue weighted by Crippen LogP contribution is -2.45. The third-order valence-electron chi connectivity index (χ3n) is 3.34. The Hall–Kier alpha value is -2.30. The first kappa shape index (κ1) is 15.1. The third kappa shape index (κ3) is 4.08. The van der Waals surface area contributed by atoms with Gasteiger partial charge in [-0.25, -0.2) is 0 Å². The normalized spacial score (nSPS) is 13.7. The Morgan fingerprint density at radius 2 is 2.05 bits per heavy atom. The molecule has 0 unspecified atom stereocenters. The van der Waals surface area contributed by atoms with Crippen LogP contribution in [-0.4, -0.2) is 29.1 Å². The smallest absolute Gasteiger partial charge is 0.303 e. The second-order valence-electron chi connectivity index (χ2n) is 5.73. The maximum atomic E-state index is 12.3. The van der Waals surface area contributed by atoms with Gasteiger partial charge in [-0.15, -0.1) is 0 Å². The van der Waals surface area contributed by atoms with Crippen LogP contribution in [0.4, 0.5) is 0 Å². The highest BCUT2D eigenvalue weighted by atomic mass is 16.5. The van der Waals surface area contributed by atoms with E-state index in [-0.39, 0.29) is 18.9 Å². The molecule has 0 radical (unpaired) electrons. The molecule has 0 saturated carbocycles. The summed E-state index contributed by atoms with van der Waals surface area (Å²) in [5.41, 5.74) is 0.835. The molecule has 1 aromatic carbocycles. The summed E-state index contributed by atoms with van der Waals surface area (Å²) in [5, 5.41) is 11.6. The number of carboxylic acid groups (broad SMARTS) is 1. The molecule has 0 bridgehead atoms. The van der Waals surface area contributed by atoms with E-state index < -0.39 is 11.5 Å². The molecule has 0 aromatic heterocycles. The van der Waals surface area contributed by atoms with Crippen molar-refractivity contribution in [1.29, 1.82) is 0 Å². The lowest BCUT2D eigenvalue weighted by atomic mass is 9.97. The van der Waals surface area contributed by atoms with Gasteiger partial charge in [0.25, 0.3) is 5.91 Å². The Labute approximate surface area is 123 Å². The fourth-order valence-corrected chi connectivity index (χ4v) is 2.12. The summed E-state index contributed by atoms with van der Waals surface area (Å²) in [7, 11) is 0. The summed E-state index contributed by atoms with van der Waals surface area (Å²) in [6, 6.07) is 7.51. The van der Waals surface area contributed by atoms with Gasteiger partial charge in [-0.2, -0.15) is 0 Å². The highest BCUT2D eigenvalue weighted by Gasteiger charge is 2.25. The number of rotatable bonds is 5. The predicted octanol–water partition coefficient (Wildman–Crippen LogP) is 2.22. The topological polar surface area (TPSA) is 75.6 Å². The molecule has 0 spiro atoms. The molecule has 1 heterocycles. The number of carbonyl (C=O) groups is 2. The van der Waals surface area contributed by atoms with E-state index in [1.807, 2.05) is 38.1 Å². The van der Waals surface area contributed by atoms with Gasteiger partial charge in [-0.1, -0.05) is 18.2 Å². The summed E-state index contributed by atoms with van der Waals surface area (Å²) in [6.07, 6.45) is 2.20. The van der Waals surface area contributed by atoms with Gasteiger partial charge in [0.15, 0.2) is 0 Å². The van der Waals surface area contributed by atoms with E-state index in [0.29, 0.717) is 12.0 Å². The van der Waals surface area contributed by atoms with Gasteiger partial charge in [0, 0.05) is 17.5 Å². The van der Waals surface area contributed by atoms with Gasteiger partial charge in [-0.3, -0.25) is 9.59 Å². The predicted molar refractivity (Wildman–Crippen MR) is 79.0 cm³/mol. The standard InChI is InChI=1S/C16H19NO4/c1-16(2,8-7-14(18)19)17-15(20)12-9-11-5-3-4-6-13(11)21-10-12/h3-6,9H,7-8,10H2,1-2H3,(H,17,20)(H,18,19). The van der Waals surface area contributed by atoms with Crippen molar-refractivity contribution in [1.82, 2.24) is 5.32 Å². The number of hydrogen-bond acceptors (Lipinski definition) is 3. The molecule has 2 rings (SSSR count). The first-order chi connectivity index (χ1) is 9.87. The van der Waals surface area contributed by atoms with Crippen LogP contribution in [0.5, 0.6) is 5.75 Å². The van der Waals surface area contributed by atoms with Crippen LogP contribution < -0.4 is 10.1 Å². The van der Waals surface area contributed by atoms with Crippen molar-refractivity contribution in [2.75, 3.05) is 6.61 Å². The Balaban J connectivity index is 2.04. The molecule has 0 aliphatic carbocycles. The average molecular weight is 289 g/mol. The molecule has 1 aliphatic heterocycles. The van der Waals surface area contributed by atoms with Crippen LogP contribution in [0.1, 0.15) is 32.3 Å². The average Bonchev–Trinajstić information content (AvgIpc) is 2.44. The fraction of sp³-hybridized carbons (Fsp3) is 0.375. The lowest BCUT2D eigenvalue weighted by molar-refractivity contribution is -0.137. The number of carboxylic acids is 1. The van der Waals surface area contributed by atoms with Gasteiger partial charge in [-0.05, 0) is 32.4 Å². The third-order valence-corrected chi connectivity index (χ3v) is 3.34. The number of amides is 1. The minimum absolute atomic E-state index is 0.0195. The summed E-state index contributed by atoms with van der Waals surface area (Å²) in [5.74, 6) is -0.328. The zero-order chi connectivity index (χ0) is 15.5. The number of fused-ring (bicyclic) bond motifs is 1. The van der Waals surface area contributed by atoms with Gasteiger partial charge in [0.05, 0.1) is 5.57 Å². The summed E-state index contributed by atoms with van der Waals surface area (Å²) < 4.78 is 5.55. The number of para-hydroxylation sites is 1. The van der Waals surface area contributed by atoms with E-state index >= 15 is 0 Å². The molecular formula is C16H19NO4. The van der Waals surface area contributed by atoms with E-state index in [2.05, 4.69) is 5.32 Å². The first-order valence-electron chi connectivity index (χ1n) is 6.84. The molecule has 0 atom stereocenters. The van der Waals surface area contributed by atoms with E-state index in [1.54, 1.807) is 6.08 Å². The molecule has 1 amide bonds. The number of benzene rings is 1. The summed E-state index contributed by atoms with van der Waals surface area (Å²) in [4.78, 5) is 22.9. The van der Waals surface area contributed by atoms with Gasteiger partial charge >= 0.3 is 5.97 Å². The molecule has 1 aromatic rings. The summed E-state index contributed by atoms with van der Waals surface area (Å²) in [6.45, 7) is 3.84. The molecule has 5 nitrogen and oxygen atoms in total. The van der Waals surface area contributed by atoms with Gasteiger partial charge in [0.1, 0.15) is 12.4 Å². The first-order valence-corrected chi connectivity index (χ1v) is 6.84. The molecular weight excluding hydrogens is 270 g/mol. The number of aliphatic carboxylic acids is 1. The quantitative estimate of drug-likeness (QED) is 0.871. The van der Waals surface area contributed by atoms with Crippen LogP contribution in [-0.2, 0) is 9.59 Å². The number of nitrogens with one attached hydrogen (secondary N) is 1. The molecule has 5 heteroatoms. The molecule has 112 valence electrons.